The van der Waals surface area contributed by atoms with Crippen LogP contribution in [-0.4, -0.2) is 68.0 Å². The highest BCUT2D eigenvalue weighted by Crippen LogP contribution is 2.30. The van der Waals surface area contributed by atoms with Gasteiger partial charge in [0.25, 0.3) is 15.9 Å². The SMILES string of the molecule is COC(=O)C(C)Sc1ccccc1C(=O)N1CCN(S(=O)(=O)c2ccc(Cl)s2)CC1. The highest BCUT2D eigenvalue weighted by Gasteiger charge is 2.32. The molecule has 2 aromatic rings. The fourth-order valence-electron chi connectivity index (χ4n) is 3.02. The maximum atomic E-state index is 13.1. The highest BCUT2D eigenvalue weighted by atomic mass is 35.5. The number of carbonyl (C=O) groups is 2. The van der Waals surface area contributed by atoms with Crippen LogP contribution in [0.3, 0.4) is 0 Å². The Hall–Kier alpha value is -1.59. The van der Waals surface area contributed by atoms with Gasteiger partial charge in [-0.1, -0.05) is 23.7 Å². The molecule has 0 spiro atoms. The fraction of sp³-hybridized carbons (Fsp3) is 0.368. The van der Waals surface area contributed by atoms with Gasteiger partial charge in [0, 0.05) is 31.1 Å². The van der Waals surface area contributed by atoms with E-state index in [0.29, 0.717) is 14.8 Å². The van der Waals surface area contributed by atoms with E-state index in [1.54, 1.807) is 42.2 Å². The molecule has 11 heteroatoms. The number of benzene rings is 1. The molecule has 1 aromatic heterocycles. The van der Waals surface area contributed by atoms with Crippen molar-refractivity contribution in [1.29, 1.82) is 0 Å². The van der Waals surface area contributed by atoms with Crippen LogP contribution in [0.1, 0.15) is 17.3 Å². The molecule has 2 heterocycles. The molecule has 3 rings (SSSR count). The predicted octanol–water partition coefficient (Wildman–Crippen LogP) is 3.20. The van der Waals surface area contributed by atoms with Crippen LogP contribution in [0.2, 0.25) is 4.34 Å². The van der Waals surface area contributed by atoms with Crippen molar-refractivity contribution in [2.24, 2.45) is 0 Å². The lowest BCUT2D eigenvalue weighted by Gasteiger charge is -2.34. The number of nitrogens with zero attached hydrogens (tertiary/aromatic N) is 2. The summed E-state index contributed by atoms with van der Waals surface area (Å²) in [5, 5.41) is -0.455. The lowest BCUT2D eigenvalue weighted by Crippen LogP contribution is -2.50. The molecule has 0 bridgehead atoms. The maximum absolute atomic E-state index is 13.1. The zero-order chi connectivity index (χ0) is 21.9. The van der Waals surface area contributed by atoms with Crippen LogP contribution in [0.25, 0.3) is 0 Å². The number of thioether (sulfide) groups is 1. The van der Waals surface area contributed by atoms with Gasteiger partial charge in [-0.3, -0.25) is 9.59 Å². The third-order valence-electron chi connectivity index (χ3n) is 4.62. The lowest BCUT2D eigenvalue weighted by atomic mass is 10.2. The molecule has 1 fully saturated rings. The molecule has 1 amide bonds. The number of hydrogen-bond acceptors (Lipinski definition) is 7. The zero-order valence-corrected chi connectivity index (χ0v) is 19.6. The molecule has 0 saturated carbocycles. The normalized spacial score (nSPS) is 16.3. The lowest BCUT2D eigenvalue weighted by molar-refractivity contribution is -0.139. The van der Waals surface area contributed by atoms with Crippen LogP contribution < -0.4 is 0 Å². The first kappa shape index (κ1) is 23.1. The van der Waals surface area contributed by atoms with Crippen LogP contribution >= 0.6 is 34.7 Å². The Bertz CT molecular complexity index is 1030. The third kappa shape index (κ3) is 5.00. The first-order valence-corrected chi connectivity index (χ1v) is 12.6. The summed E-state index contributed by atoms with van der Waals surface area (Å²) in [7, 11) is -2.29. The van der Waals surface area contributed by atoms with E-state index in [1.165, 1.54) is 29.2 Å². The number of carbonyl (C=O) groups excluding carboxylic acids is 2. The van der Waals surface area contributed by atoms with Crippen molar-refractivity contribution >= 4 is 56.6 Å². The minimum atomic E-state index is -3.62. The molecule has 1 saturated heterocycles. The van der Waals surface area contributed by atoms with Gasteiger partial charge >= 0.3 is 5.97 Å². The molecule has 7 nitrogen and oxygen atoms in total. The van der Waals surface area contributed by atoms with Crippen molar-refractivity contribution in [2.75, 3.05) is 33.3 Å². The van der Waals surface area contributed by atoms with Crippen LogP contribution in [0.4, 0.5) is 0 Å². The van der Waals surface area contributed by atoms with E-state index in [4.69, 9.17) is 16.3 Å². The monoisotopic (exact) mass is 488 g/mol. The second-order valence-electron chi connectivity index (χ2n) is 6.53. The van der Waals surface area contributed by atoms with Crippen LogP contribution in [0.15, 0.2) is 45.5 Å². The van der Waals surface area contributed by atoms with Gasteiger partial charge in [-0.15, -0.1) is 23.1 Å². The minimum absolute atomic E-state index is 0.189. The molecule has 0 radical (unpaired) electrons. The second kappa shape index (κ2) is 9.69. The number of methoxy groups -OCH3 is 1. The average Bonchev–Trinajstić information content (AvgIpc) is 3.20. The summed E-state index contributed by atoms with van der Waals surface area (Å²) in [6.45, 7) is 2.69. The Kier molecular flexibility index (Phi) is 7.46. The van der Waals surface area contributed by atoms with Gasteiger partial charge in [0.1, 0.15) is 9.46 Å². The topological polar surface area (TPSA) is 84.0 Å². The van der Waals surface area contributed by atoms with Crippen molar-refractivity contribution in [1.82, 2.24) is 9.21 Å². The number of hydrogen-bond donors (Lipinski definition) is 0. The number of piperazine rings is 1. The summed E-state index contributed by atoms with van der Waals surface area (Å²) < 4.78 is 32.2. The molecule has 162 valence electrons. The first-order chi connectivity index (χ1) is 14.2. The standard InChI is InChI=1S/C19H21ClN2O5S3/c1-13(19(24)27-2)28-15-6-4-3-5-14(15)18(23)21-9-11-22(12-10-21)30(25,26)17-8-7-16(20)29-17/h3-8,13H,9-12H2,1-2H3. The average molecular weight is 489 g/mol. The number of thiophene rings is 1. The van der Waals surface area contributed by atoms with E-state index in [9.17, 15) is 18.0 Å². The number of esters is 1. The maximum Gasteiger partial charge on any atom is 0.318 e. The van der Waals surface area contributed by atoms with Crippen LogP contribution in [0.5, 0.6) is 0 Å². The number of amides is 1. The molecular formula is C19H21ClN2O5S3. The van der Waals surface area contributed by atoms with Gasteiger partial charge < -0.3 is 9.64 Å². The van der Waals surface area contributed by atoms with Crippen molar-refractivity contribution in [2.45, 2.75) is 21.3 Å². The zero-order valence-electron chi connectivity index (χ0n) is 16.4. The number of halogens is 1. The summed E-state index contributed by atoms with van der Waals surface area (Å²) >= 11 is 8.15. The smallest absolute Gasteiger partial charge is 0.318 e. The van der Waals surface area contributed by atoms with Crippen molar-refractivity contribution in [3.63, 3.8) is 0 Å². The highest BCUT2D eigenvalue weighted by molar-refractivity contribution is 8.00. The molecule has 1 atom stereocenters. The Balaban J connectivity index is 1.69. The van der Waals surface area contributed by atoms with Crippen LogP contribution in [0, 0.1) is 0 Å². The van der Waals surface area contributed by atoms with E-state index < -0.39 is 15.3 Å². The summed E-state index contributed by atoms with van der Waals surface area (Å²) in [6, 6.07) is 10.1. The summed E-state index contributed by atoms with van der Waals surface area (Å²) in [5.74, 6) is -0.555. The van der Waals surface area contributed by atoms with E-state index >= 15 is 0 Å². The Morgan fingerprint density at radius 2 is 1.80 bits per heavy atom. The Morgan fingerprint density at radius 1 is 1.13 bits per heavy atom. The second-order valence-corrected chi connectivity index (χ2v) is 11.8. The Labute approximate surface area is 189 Å². The van der Waals surface area contributed by atoms with Gasteiger partial charge in [-0.05, 0) is 31.2 Å². The minimum Gasteiger partial charge on any atom is -0.468 e. The molecule has 1 aliphatic heterocycles. The van der Waals surface area contributed by atoms with E-state index in [2.05, 4.69) is 0 Å². The van der Waals surface area contributed by atoms with Gasteiger partial charge in [-0.2, -0.15) is 4.31 Å². The number of ether oxygens (including phenoxy) is 1. The summed E-state index contributed by atoms with van der Waals surface area (Å²) in [4.78, 5) is 27.1. The van der Waals surface area contributed by atoms with Gasteiger partial charge in [0.15, 0.2) is 0 Å². The fourth-order valence-corrected chi connectivity index (χ4v) is 7.09. The molecule has 1 aromatic carbocycles. The molecule has 30 heavy (non-hydrogen) atoms. The largest absolute Gasteiger partial charge is 0.468 e. The van der Waals surface area contributed by atoms with Crippen molar-refractivity contribution in [3.05, 3.63) is 46.3 Å². The third-order valence-corrected chi connectivity index (χ3v) is 9.38. The van der Waals surface area contributed by atoms with Gasteiger partial charge in [0.05, 0.1) is 17.0 Å². The van der Waals surface area contributed by atoms with Gasteiger partial charge in [0.2, 0.25) is 0 Å². The molecule has 0 N–H and O–H groups in total. The van der Waals surface area contributed by atoms with Gasteiger partial charge in [-0.25, -0.2) is 8.42 Å². The van der Waals surface area contributed by atoms with E-state index in [-0.39, 0.29) is 42.3 Å². The number of sulfonamides is 1. The summed E-state index contributed by atoms with van der Waals surface area (Å²) in [6.07, 6.45) is 0. The quantitative estimate of drug-likeness (QED) is 0.458. The molecule has 0 aliphatic carbocycles. The number of rotatable bonds is 6. The van der Waals surface area contributed by atoms with Crippen molar-refractivity contribution in [3.8, 4) is 0 Å². The molecular weight excluding hydrogens is 468 g/mol. The molecule has 1 aliphatic rings. The molecule has 1 unspecified atom stereocenters. The Morgan fingerprint density at radius 3 is 2.40 bits per heavy atom. The van der Waals surface area contributed by atoms with E-state index in [0.717, 1.165) is 11.3 Å². The predicted molar refractivity (Wildman–Crippen MR) is 118 cm³/mol. The van der Waals surface area contributed by atoms with Crippen molar-refractivity contribution < 1.29 is 22.7 Å². The van der Waals surface area contributed by atoms with E-state index in [1.807, 2.05) is 0 Å². The first-order valence-electron chi connectivity index (χ1n) is 9.12. The summed E-state index contributed by atoms with van der Waals surface area (Å²) in [5.41, 5.74) is 0.486. The van der Waals surface area contributed by atoms with Crippen LogP contribution in [-0.2, 0) is 19.6 Å².